The fourth-order valence-corrected chi connectivity index (χ4v) is 2.88. The Kier molecular flexibility index (Phi) is 4.25. The second-order valence-electron chi connectivity index (χ2n) is 4.69. The van der Waals surface area contributed by atoms with Gasteiger partial charge in [-0.25, -0.2) is 0 Å². The number of benzene rings is 1. The van der Waals surface area contributed by atoms with Gasteiger partial charge in [0.05, 0.1) is 12.2 Å². The van der Waals surface area contributed by atoms with Gasteiger partial charge in [0.2, 0.25) is 0 Å². The lowest BCUT2D eigenvalue weighted by atomic mass is 10.1. The molecule has 5 heteroatoms. The number of thiocarbonyl (C=S) groups is 1. The van der Waals surface area contributed by atoms with Gasteiger partial charge in [-0.15, -0.1) is 0 Å². The van der Waals surface area contributed by atoms with Gasteiger partial charge in [-0.3, -0.25) is 0 Å². The van der Waals surface area contributed by atoms with Gasteiger partial charge in [0.1, 0.15) is 4.99 Å². The van der Waals surface area contributed by atoms with Crippen molar-refractivity contribution in [3.8, 4) is 0 Å². The topological polar surface area (TPSA) is 38.5 Å². The number of anilines is 1. The van der Waals surface area contributed by atoms with Gasteiger partial charge >= 0.3 is 0 Å². The van der Waals surface area contributed by atoms with E-state index in [1.165, 1.54) is 0 Å². The zero-order valence-corrected chi connectivity index (χ0v) is 12.9. The molecule has 2 atom stereocenters. The Balaban J connectivity index is 2.35. The predicted octanol–water partition coefficient (Wildman–Crippen LogP) is 2.70. The summed E-state index contributed by atoms with van der Waals surface area (Å²) in [4.78, 5) is 2.72. The molecule has 1 fully saturated rings. The number of morpholine rings is 1. The van der Waals surface area contributed by atoms with E-state index in [9.17, 15) is 0 Å². The molecular weight excluding hydrogens is 312 g/mol. The number of nitrogens with zero attached hydrogens (tertiary/aromatic N) is 1. The third-order valence-corrected chi connectivity index (χ3v) is 3.70. The van der Waals surface area contributed by atoms with Crippen LogP contribution in [0.1, 0.15) is 19.4 Å². The lowest BCUT2D eigenvalue weighted by Crippen LogP contribution is -2.46. The molecule has 0 radical (unpaired) electrons. The SMILES string of the molecule is C[C@@H]1CN(c2ccc(Br)cc2C(N)=S)C[C@H](C)O1. The maximum atomic E-state index is 5.81. The first kappa shape index (κ1) is 13.8. The molecule has 1 aromatic carbocycles. The van der Waals surface area contributed by atoms with Crippen LogP contribution in [-0.4, -0.2) is 30.3 Å². The quantitative estimate of drug-likeness (QED) is 0.847. The summed E-state index contributed by atoms with van der Waals surface area (Å²) in [7, 11) is 0. The van der Waals surface area contributed by atoms with Gasteiger partial charge in [-0.05, 0) is 32.0 Å². The van der Waals surface area contributed by atoms with Gasteiger partial charge in [0.25, 0.3) is 0 Å². The van der Waals surface area contributed by atoms with E-state index in [4.69, 9.17) is 22.7 Å². The molecule has 1 aliphatic heterocycles. The fourth-order valence-electron chi connectivity index (χ4n) is 2.36. The van der Waals surface area contributed by atoms with Crippen molar-refractivity contribution in [3.63, 3.8) is 0 Å². The molecule has 0 saturated carbocycles. The standard InChI is InChI=1S/C13H17BrN2OS/c1-8-6-16(7-9(2)17-8)12-4-3-10(14)5-11(12)13(15)18/h3-5,8-9H,6-7H2,1-2H3,(H2,15,18)/t8-,9+. The van der Waals surface area contributed by atoms with Crippen LogP contribution in [0.3, 0.4) is 0 Å². The maximum absolute atomic E-state index is 5.81. The first-order valence-corrected chi connectivity index (χ1v) is 7.17. The van der Waals surface area contributed by atoms with Crippen molar-refractivity contribution in [3.05, 3.63) is 28.2 Å². The van der Waals surface area contributed by atoms with Crippen molar-refractivity contribution >= 4 is 38.8 Å². The van der Waals surface area contributed by atoms with Crippen molar-refractivity contribution < 1.29 is 4.74 Å². The largest absolute Gasteiger partial charge is 0.389 e. The number of hydrogen-bond acceptors (Lipinski definition) is 3. The van der Waals surface area contributed by atoms with Gasteiger partial charge in [-0.2, -0.15) is 0 Å². The van der Waals surface area contributed by atoms with E-state index in [0.29, 0.717) is 4.99 Å². The van der Waals surface area contributed by atoms with Crippen molar-refractivity contribution in [2.75, 3.05) is 18.0 Å². The third-order valence-electron chi connectivity index (χ3n) is 2.98. The zero-order chi connectivity index (χ0) is 13.3. The average Bonchev–Trinajstić information content (AvgIpc) is 2.27. The minimum absolute atomic E-state index is 0.219. The van der Waals surface area contributed by atoms with Crippen LogP contribution in [0.25, 0.3) is 0 Å². The summed E-state index contributed by atoms with van der Waals surface area (Å²) < 4.78 is 6.74. The van der Waals surface area contributed by atoms with E-state index < -0.39 is 0 Å². The van der Waals surface area contributed by atoms with E-state index >= 15 is 0 Å². The van der Waals surface area contributed by atoms with Crippen LogP contribution < -0.4 is 10.6 Å². The average molecular weight is 329 g/mol. The summed E-state index contributed by atoms with van der Waals surface area (Å²) in [5, 5.41) is 0. The van der Waals surface area contributed by atoms with Gasteiger partial charge < -0.3 is 15.4 Å². The summed E-state index contributed by atoms with van der Waals surface area (Å²) in [6.45, 7) is 5.90. The number of rotatable bonds is 2. The van der Waals surface area contributed by atoms with Gasteiger partial charge in [-0.1, -0.05) is 28.1 Å². The molecule has 1 heterocycles. The van der Waals surface area contributed by atoms with Crippen molar-refractivity contribution in [2.24, 2.45) is 5.73 Å². The number of ether oxygens (including phenoxy) is 1. The minimum atomic E-state index is 0.219. The molecule has 0 aliphatic carbocycles. The molecule has 3 nitrogen and oxygen atoms in total. The Labute approximate surface area is 121 Å². The highest BCUT2D eigenvalue weighted by Crippen LogP contribution is 2.27. The second kappa shape index (κ2) is 5.55. The molecule has 0 amide bonds. The minimum Gasteiger partial charge on any atom is -0.389 e. The highest BCUT2D eigenvalue weighted by molar-refractivity contribution is 9.10. The Morgan fingerprint density at radius 2 is 2.00 bits per heavy atom. The molecule has 2 rings (SSSR count). The lowest BCUT2D eigenvalue weighted by molar-refractivity contribution is -0.00522. The van der Waals surface area contributed by atoms with Gasteiger partial charge in [0, 0.05) is 28.8 Å². The Morgan fingerprint density at radius 1 is 1.39 bits per heavy atom. The molecule has 0 aromatic heterocycles. The third kappa shape index (κ3) is 3.02. The zero-order valence-electron chi connectivity index (χ0n) is 10.5. The molecule has 2 N–H and O–H groups in total. The number of hydrogen-bond donors (Lipinski definition) is 1. The molecule has 98 valence electrons. The molecular formula is C13H17BrN2OS. The monoisotopic (exact) mass is 328 g/mol. The Hall–Kier alpha value is -0.650. The summed E-state index contributed by atoms with van der Waals surface area (Å²) in [6, 6.07) is 6.05. The van der Waals surface area contributed by atoms with E-state index in [1.807, 2.05) is 12.1 Å². The number of nitrogens with two attached hydrogens (primary N) is 1. The summed E-state index contributed by atoms with van der Waals surface area (Å²) in [5.74, 6) is 0. The lowest BCUT2D eigenvalue weighted by Gasteiger charge is -2.37. The summed E-state index contributed by atoms with van der Waals surface area (Å²) >= 11 is 8.59. The van der Waals surface area contributed by atoms with E-state index in [-0.39, 0.29) is 12.2 Å². The molecule has 18 heavy (non-hydrogen) atoms. The van der Waals surface area contributed by atoms with E-state index in [1.54, 1.807) is 0 Å². The van der Waals surface area contributed by atoms with Crippen molar-refractivity contribution in [1.82, 2.24) is 0 Å². The molecule has 1 aromatic rings. The summed E-state index contributed by atoms with van der Waals surface area (Å²) in [6.07, 6.45) is 0.438. The predicted molar refractivity (Wildman–Crippen MR) is 82.3 cm³/mol. The van der Waals surface area contributed by atoms with Crippen LogP contribution >= 0.6 is 28.1 Å². The fraction of sp³-hybridized carbons (Fsp3) is 0.462. The first-order chi connectivity index (χ1) is 8.47. The van der Waals surface area contributed by atoms with Gasteiger partial charge in [0.15, 0.2) is 0 Å². The smallest absolute Gasteiger partial charge is 0.106 e. The first-order valence-electron chi connectivity index (χ1n) is 5.97. The van der Waals surface area contributed by atoms with Crippen LogP contribution in [0.2, 0.25) is 0 Å². The van der Waals surface area contributed by atoms with Crippen LogP contribution in [0.4, 0.5) is 5.69 Å². The second-order valence-corrected chi connectivity index (χ2v) is 6.04. The molecule has 0 spiro atoms. The molecule has 0 bridgehead atoms. The maximum Gasteiger partial charge on any atom is 0.106 e. The Morgan fingerprint density at radius 3 is 2.56 bits per heavy atom. The van der Waals surface area contributed by atoms with Crippen molar-refractivity contribution in [1.29, 1.82) is 0 Å². The van der Waals surface area contributed by atoms with Crippen LogP contribution in [0.15, 0.2) is 22.7 Å². The highest BCUT2D eigenvalue weighted by atomic mass is 79.9. The molecule has 1 aliphatic rings. The molecule has 1 saturated heterocycles. The molecule has 0 unspecified atom stereocenters. The van der Waals surface area contributed by atoms with Crippen LogP contribution in [0, 0.1) is 0 Å². The Bertz CT molecular complexity index is 456. The van der Waals surface area contributed by atoms with Crippen molar-refractivity contribution in [2.45, 2.75) is 26.1 Å². The summed E-state index contributed by atoms with van der Waals surface area (Å²) in [5.41, 5.74) is 7.82. The van der Waals surface area contributed by atoms with E-state index in [2.05, 4.69) is 40.7 Å². The highest BCUT2D eigenvalue weighted by Gasteiger charge is 2.24. The van der Waals surface area contributed by atoms with Crippen LogP contribution in [-0.2, 0) is 4.74 Å². The number of halogens is 1. The van der Waals surface area contributed by atoms with Crippen LogP contribution in [0.5, 0.6) is 0 Å². The van der Waals surface area contributed by atoms with E-state index in [0.717, 1.165) is 28.8 Å². The normalized spacial score (nSPS) is 24.1.